The van der Waals surface area contributed by atoms with Gasteiger partial charge in [-0.2, -0.15) is 0 Å². The molecule has 1 saturated carbocycles. The fraction of sp³-hybridized carbons (Fsp3) is 0.926. The van der Waals surface area contributed by atoms with Crippen LogP contribution in [0.3, 0.4) is 0 Å². The van der Waals surface area contributed by atoms with Crippen molar-refractivity contribution in [2.75, 3.05) is 20.2 Å². The summed E-state index contributed by atoms with van der Waals surface area (Å²) in [6.45, 7) is 4.69. The summed E-state index contributed by atoms with van der Waals surface area (Å²) < 4.78 is 23.9. The Morgan fingerprint density at radius 3 is 2.39 bits per heavy atom. The van der Waals surface area contributed by atoms with Crippen molar-refractivity contribution in [2.24, 2.45) is 27.9 Å². The van der Waals surface area contributed by atoms with Crippen molar-refractivity contribution in [3.05, 3.63) is 0 Å². The van der Waals surface area contributed by atoms with Crippen LogP contribution in [0.15, 0.2) is 4.99 Å². The van der Waals surface area contributed by atoms with E-state index >= 15 is 0 Å². The van der Waals surface area contributed by atoms with Gasteiger partial charge in [-0.1, -0.05) is 6.92 Å². The monoisotopic (exact) mass is 635 g/mol. The number of nitrogens with two attached hydrogens (primary N) is 4. The maximum Gasteiger partial charge on any atom is 0.250 e. The smallest absolute Gasteiger partial charge is 0.250 e. The van der Waals surface area contributed by atoms with Gasteiger partial charge in [0.05, 0.1) is 37.4 Å². The number of aliphatic hydroxyl groups is 5. The number of carbonyl (C=O) groups excluding carboxylic acids is 1. The second-order valence-electron chi connectivity index (χ2n) is 12.3. The van der Waals surface area contributed by atoms with Crippen LogP contribution >= 0.6 is 0 Å². The number of amides is 1. The molecule has 3 fully saturated rings. The largest absolute Gasteiger partial charge is 0.388 e. The molecule has 2 saturated heterocycles. The van der Waals surface area contributed by atoms with Crippen molar-refractivity contribution in [3.63, 3.8) is 0 Å². The summed E-state index contributed by atoms with van der Waals surface area (Å²) in [4.78, 5) is 17.1. The molecule has 1 amide bonds. The van der Waals surface area contributed by atoms with E-state index in [9.17, 15) is 30.3 Å². The van der Waals surface area contributed by atoms with Crippen LogP contribution in [0, 0.1) is 0 Å². The van der Waals surface area contributed by atoms with Gasteiger partial charge in [-0.25, -0.2) is 0 Å². The lowest BCUT2D eigenvalue weighted by atomic mass is 9.83. The maximum atomic E-state index is 12.9. The molecule has 15 N–H and O–H groups in total. The lowest BCUT2D eigenvalue weighted by molar-refractivity contribution is -0.307. The van der Waals surface area contributed by atoms with Gasteiger partial charge >= 0.3 is 0 Å². The van der Waals surface area contributed by atoms with E-state index in [-0.39, 0.29) is 25.4 Å². The second-order valence-corrected chi connectivity index (χ2v) is 12.3. The number of amidine groups is 1. The Balaban J connectivity index is 1.81. The average Bonchev–Trinajstić information content (AvgIpc) is 2.97. The molecule has 256 valence electrons. The number of aliphatic hydroxyl groups excluding tert-OH is 4. The number of nitrogens with zero attached hydrogens (tertiary/aromatic N) is 1. The molecule has 0 spiro atoms. The van der Waals surface area contributed by atoms with E-state index in [0.29, 0.717) is 19.3 Å². The second kappa shape index (κ2) is 15.8. The van der Waals surface area contributed by atoms with E-state index < -0.39 is 97.0 Å². The quantitative estimate of drug-likeness (QED) is 0.0707. The van der Waals surface area contributed by atoms with Crippen LogP contribution in [-0.4, -0.2) is 149 Å². The molecule has 0 aromatic carbocycles. The van der Waals surface area contributed by atoms with Crippen LogP contribution < -0.4 is 33.6 Å². The minimum Gasteiger partial charge on any atom is -0.388 e. The van der Waals surface area contributed by atoms with Gasteiger partial charge in [0.1, 0.15) is 48.1 Å². The summed E-state index contributed by atoms with van der Waals surface area (Å²) in [5.41, 5.74) is 22.9. The molecule has 44 heavy (non-hydrogen) atoms. The van der Waals surface area contributed by atoms with Gasteiger partial charge in [-0.05, 0) is 46.6 Å². The first kappa shape index (κ1) is 36.9. The summed E-state index contributed by atoms with van der Waals surface area (Å²) in [6.07, 6.45) is -8.93. The van der Waals surface area contributed by atoms with Gasteiger partial charge in [-0.15, -0.1) is 0 Å². The Labute approximate surface area is 257 Å². The minimum atomic E-state index is -1.53. The molecular weight excluding hydrogens is 582 g/mol. The van der Waals surface area contributed by atoms with E-state index in [4.69, 9.17) is 41.9 Å². The first-order valence-corrected chi connectivity index (χ1v) is 15.2. The number of rotatable bonds is 12. The normalized spacial score (nSPS) is 42.4. The van der Waals surface area contributed by atoms with Crippen LogP contribution in [0.4, 0.5) is 0 Å². The number of nitrogens with one attached hydrogen (secondary N) is 2. The third-order valence-corrected chi connectivity index (χ3v) is 8.62. The highest BCUT2D eigenvalue weighted by atomic mass is 16.7. The van der Waals surface area contributed by atoms with Crippen molar-refractivity contribution < 1.29 is 49.3 Å². The van der Waals surface area contributed by atoms with E-state index in [1.807, 2.05) is 0 Å². The molecule has 0 aromatic rings. The number of carbonyl (C=O) groups is 1. The average molecular weight is 636 g/mol. The first-order valence-electron chi connectivity index (χ1n) is 15.2. The lowest BCUT2D eigenvalue weighted by Crippen LogP contribution is -2.69. The summed E-state index contributed by atoms with van der Waals surface area (Å²) in [6, 6.07) is -4.04. The Hall–Kier alpha value is -1.58. The number of hydrogen-bond donors (Lipinski definition) is 11. The van der Waals surface area contributed by atoms with E-state index in [1.54, 1.807) is 14.0 Å². The summed E-state index contributed by atoms with van der Waals surface area (Å²) in [7, 11) is 1.56. The fourth-order valence-electron chi connectivity index (χ4n) is 5.78. The maximum absolute atomic E-state index is 12.9. The van der Waals surface area contributed by atoms with Gasteiger partial charge in [0.2, 0.25) is 0 Å². The molecule has 17 nitrogen and oxygen atoms in total. The van der Waals surface area contributed by atoms with Gasteiger partial charge in [0, 0.05) is 12.1 Å². The SMILES string of the molecule is CC[C@@H](N)[C@H](O)C(=O)N[C@@H]1C[C@H](N)C(O[C@H]2O[C@H](CN=C(N)C(C)O)CCC2N)C(O)C1O[C@H]1OCC(C)(O)[C@H](NC)C1O. The zero-order valence-electron chi connectivity index (χ0n) is 25.9. The van der Waals surface area contributed by atoms with Crippen LogP contribution in [0.5, 0.6) is 0 Å². The minimum absolute atomic E-state index is 0.0306. The Bertz CT molecular complexity index is 962. The topological polar surface area (TPSA) is 296 Å². The zero-order valence-corrected chi connectivity index (χ0v) is 25.9. The summed E-state index contributed by atoms with van der Waals surface area (Å²) >= 11 is 0. The van der Waals surface area contributed by atoms with Crippen LogP contribution in [0.1, 0.15) is 46.5 Å². The molecular formula is C27H53N7O10. The predicted octanol–water partition coefficient (Wildman–Crippen LogP) is -4.94. The van der Waals surface area contributed by atoms with Crippen molar-refractivity contribution in [1.82, 2.24) is 10.6 Å². The molecule has 0 bridgehead atoms. The van der Waals surface area contributed by atoms with E-state index in [2.05, 4.69) is 15.6 Å². The number of likely N-dealkylation sites (N-methyl/N-ethyl adjacent to an activating group) is 1. The van der Waals surface area contributed by atoms with E-state index in [0.717, 1.165) is 0 Å². The molecule has 17 heteroatoms. The summed E-state index contributed by atoms with van der Waals surface area (Å²) in [5, 5.41) is 58.8. The molecule has 0 aromatic heterocycles. The van der Waals surface area contributed by atoms with Crippen LogP contribution in [-0.2, 0) is 23.7 Å². The predicted molar refractivity (Wildman–Crippen MR) is 158 cm³/mol. The third-order valence-electron chi connectivity index (χ3n) is 8.62. The van der Waals surface area contributed by atoms with Gasteiger partial charge < -0.3 is 78.0 Å². The Morgan fingerprint density at radius 2 is 1.77 bits per heavy atom. The third kappa shape index (κ3) is 8.81. The molecule has 0 radical (unpaired) electrons. The Kier molecular flexibility index (Phi) is 13.3. The fourth-order valence-corrected chi connectivity index (χ4v) is 5.78. The lowest BCUT2D eigenvalue weighted by Gasteiger charge is -2.49. The van der Waals surface area contributed by atoms with Gasteiger partial charge in [0.15, 0.2) is 12.6 Å². The van der Waals surface area contributed by atoms with E-state index in [1.165, 1.54) is 13.8 Å². The molecule has 3 rings (SSSR count). The van der Waals surface area contributed by atoms with Crippen molar-refractivity contribution >= 4 is 11.7 Å². The molecule has 2 aliphatic heterocycles. The molecule has 1 aliphatic carbocycles. The number of aliphatic imine (C=N–C) groups is 1. The van der Waals surface area contributed by atoms with Crippen LogP contribution in [0.2, 0.25) is 0 Å². The highest BCUT2D eigenvalue weighted by Crippen LogP contribution is 2.32. The molecule has 2 heterocycles. The molecule has 7 unspecified atom stereocenters. The molecule has 3 aliphatic rings. The Morgan fingerprint density at radius 1 is 1.11 bits per heavy atom. The van der Waals surface area contributed by atoms with Crippen molar-refractivity contribution in [2.45, 2.75) is 138 Å². The highest BCUT2D eigenvalue weighted by Gasteiger charge is 2.52. The summed E-state index contributed by atoms with van der Waals surface area (Å²) in [5.74, 6) is -0.715. The van der Waals surface area contributed by atoms with Gasteiger partial charge in [0.25, 0.3) is 5.91 Å². The molecule has 15 atom stereocenters. The highest BCUT2D eigenvalue weighted by molar-refractivity contribution is 5.84. The zero-order chi connectivity index (χ0) is 32.9. The van der Waals surface area contributed by atoms with Crippen molar-refractivity contribution in [3.8, 4) is 0 Å². The van der Waals surface area contributed by atoms with Gasteiger partial charge in [-0.3, -0.25) is 9.79 Å². The van der Waals surface area contributed by atoms with Crippen LogP contribution in [0.25, 0.3) is 0 Å². The number of hydrogen-bond acceptors (Lipinski definition) is 15. The first-order chi connectivity index (χ1) is 20.6. The standard InChI is InChI=1S/C27H53N7O10/c1-5-13(28)17(36)24(39)34-16-8-15(30)20(43-25-14(29)7-6-12(42-25)9-33-23(31)11(2)35)18(37)21(16)44-26-19(38)22(32-4)27(3,40)10-41-26/h11-22,25-26,32,35-38,40H,5-10,28-30H2,1-4H3,(H2,31,33)(H,34,39)/t11?,12-,13+,14?,15-,16+,17-,18?,19?,20?,21?,22+,25+,26+,27?/m0/s1. The van der Waals surface area contributed by atoms with Crippen molar-refractivity contribution in [1.29, 1.82) is 0 Å². The number of ether oxygens (including phenoxy) is 4.